The second kappa shape index (κ2) is 7.41. The number of rotatable bonds is 7. The minimum absolute atomic E-state index is 0.769. The maximum absolute atomic E-state index is 4.92. The summed E-state index contributed by atoms with van der Waals surface area (Å²) in [6.45, 7) is 2.68. The van der Waals surface area contributed by atoms with E-state index in [9.17, 15) is 0 Å². The van der Waals surface area contributed by atoms with Crippen molar-refractivity contribution in [3.63, 3.8) is 0 Å². The summed E-state index contributed by atoms with van der Waals surface area (Å²) in [4.78, 5) is 8.21. The van der Waals surface area contributed by atoms with Gasteiger partial charge in [0.25, 0.3) is 0 Å². The van der Waals surface area contributed by atoms with E-state index in [2.05, 4.69) is 15.3 Å². The van der Waals surface area contributed by atoms with Crippen LogP contribution in [0.15, 0.2) is 18.6 Å². The summed E-state index contributed by atoms with van der Waals surface area (Å²) in [5, 5.41) is 3.28. The summed E-state index contributed by atoms with van der Waals surface area (Å²) in [6.07, 6.45) is 7.30. The second-order valence-corrected chi connectivity index (χ2v) is 3.04. The van der Waals surface area contributed by atoms with Crippen LogP contribution in [0.2, 0.25) is 0 Å². The zero-order valence-corrected chi connectivity index (χ0v) is 8.57. The third-order valence-corrected chi connectivity index (χ3v) is 1.89. The van der Waals surface area contributed by atoms with Crippen LogP contribution in [0, 0.1) is 0 Å². The molecule has 1 rings (SSSR count). The third kappa shape index (κ3) is 4.89. The standard InChI is InChI=1S/C10H17N3O/c1-14-8-7-11-4-2-3-10-9-12-5-6-13-10/h5-6,9,11H,2-4,7-8H2,1H3. The zero-order valence-electron chi connectivity index (χ0n) is 8.57. The lowest BCUT2D eigenvalue weighted by Gasteiger charge is -2.03. The average Bonchev–Trinajstić information content (AvgIpc) is 2.25. The van der Waals surface area contributed by atoms with E-state index in [0.29, 0.717) is 0 Å². The Balaban J connectivity index is 1.99. The van der Waals surface area contributed by atoms with Crippen LogP contribution in [-0.2, 0) is 11.2 Å². The Morgan fingerprint density at radius 1 is 1.36 bits per heavy atom. The molecule has 0 unspecified atom stereocenters. The molecule has 0 amide bonds. The normalized spacial score (nSPS) is 10.4. The van der Waals surface area contributed by atoms with Crippen molar-refractivity contribution >= 4 is 0 Å². The van der Waals surface area contributed by atoms with Crippen LogP contribution in [0.5, 0.6) is 0 Å². The van der Waals surface area contributed by atoms with Gasteiger partial charge in [-0.3, -0.25) is 9.97 Å². The van der Waals surface area contributed by atoms with Gasteiger partial charge in [0, 0.05) is 32.2 Å². The Morgan fingerprint density at radius 3 is 3.00 bits per heavy atom. The van der Waals surface area contributed by atoms with Crippen LogP contribution in [0.3, 0.4) is 0 Å². The first kappa shape index (κ1) is 11.1. The molecule has 0 aliphatic carbocycles. The van der Waals surface area contributed by atoms with E-state index in [0.717, 1.165) is 38.2 Å². The summed E-state index contributed by atoms with van der Waals surface area (Å²) in [7, 11) is 1.71. The molecule has 0 saturated carbocycles. The molecule has 1 aromatic rings. The van der Waals surface area contributed by atoms with Crippen molar-refractivity contribution in [3.8, 4) is 0 Å². The molecule has 0 saturated heterocycles. The Labute approximate surface area is 84.7 Å². The summed E-state index contributed by atoms with van der Waals surface area (Å²) < 4.78 is 4.92. The minimum atomic E-state index is 0.769. The predicted molar refractivity (Wildman–Crippen MR) is 55.1 cm³/mol. The highest BCUT2D eigenvalue weighted by atomic mass is 16.5. The van der Waals surface area contributed by atoms with E-state index in [1.54, 1.807) is 19.5 Å². The first-order valence-electron chi connectivity index (χ1n) is 4.88. The minimum Gasteiger partial charge on any atom is -0.383 e. The lowest BCUT2D eigenvalue weighted by molar-refractivity contribution is 0.199. The van der Waals surface area contributed by atoms with Crippen molar-refractivity contribution in [1.29, 1.82) is 0 Å². The lowest BCUT2D eigenvalue weighted by Crippen LogP contribution is -2.20. The molecule has 1 N–H and O–H groups in total. The van der Waals surface area contributed by atoms with E-state index < -0.39 is 0 Å². The Bertz CT molecular complexity index is 228. The Morgan fingerprint density at radius 2 is 2.29 bits per heavy atom. The molecular formula is C10H17N3O. The van der Waals surface area contributed by atoms with Gasteiger partial charge in [0.2, 0.25) is 0 Å². The molecule has 0 radical (unpaired) electrons. The van der Waals surface area contributed by atoms with Crippen LogP contribution in [0.1, 0.15) is 12.1 Å². The molecule has 1 heterocycles. The van der Waals surface area contributed by atoms with Gasteiger partial charge >= 0.3 is 0 Å². The monoisotopic (exact) mass is 195 g/mol. The van der Waals surface area contributed by atoms with Crippen molar-refractivity contribution in [2.24, 2.45) is 0 Å². The topological polar surface area (TPSA) is 47.0 Å². The molecule has 4 nitrogen and oxygen atoms in total. The first-order chi connectivity index (χ1) is 6.93. The van der Waals surface area contributed by atoms with E-state index in [1.807, 2.05) is 6.20 Å². The fourth-order valence-corrected chi connectivity index (χ4v) is 1.15. The molecular weight excluding hydrogens is 178 g/mol. The van der Waals surface area contributed by atoms with Crippen molar-refractivity contribution in [3.05, 3.63) is 24.3 Å². The summed E-state index contributed by atoms with van der Waals surface area (Å²) in [5.41, 5.74) is 1.06. The number of aryl methyl sites for hydroxylation is 1. The van der Waals surface area contributed by atoms with Crippen molar-refractivity contribution < 1.29 is 4.74 Å². The second-order valence-electron chi connectivity index (χ2n) is 3.04. The van der Waals surface area contributed by atoms with Crippen molar-refractivity contribution in [1.82, 2.24) is 15.3 Å². The first-order valence-corrected chi connectivity index (χ1v) is 4.88. The highest BCUT2D eigenvalue weighted by molar-refractivity contribution is 4.94. The lowest BCUT2D eigenvalue weighted by atomic mass is 10.2. The van der Waals surface area contributed by atoms with Crippen LogP contribution in [-0.4, -0.2) is 36.8 Å². The van der Waals surface area contributed by atoms with Crippen molar-refractivity contribution in [2.75, 3.05) is 26.8 Å². The number of aromatic nitrogens is 2. The number of nitrogens with one attached hydrogen (secondary N) is 1. The van der Waals surface area contributed by atoms with E-state index in [-0.39, 0.29) is 0 Å². The van der Waals surface area contributed by atoms with E-state index >= 15 is 0 Å². The maximum Gasteiger partial charge on any atom is 0.0587 e. The van der Waals surface area contributed by atoms with Gasteiger partial charge in [0.1, 0.15) is 0 Å². The number of methoxy groups -OCH3 is 1. The smallest absolute Gasteiger partial charge is 0.0587 e. The molecule has 0 aliphatic rings. The van der Waals surface area contributed by atoms with Gasteiger partial charge in [-0.05, 0) is 19.4 Å². The molecule has 0 fully saturated rings. The number of hydrogen-bond donors (Lipinski definition) is 1. The fraction of sp³-hybridized carbons (Fsp3) is 0.600. The summed E-state index contributed by atoms with van der Waals surface area (Å²) >= 11 is 0. The predicted octanol–water partition coefficient (Wildman–Crippen LogP) is 0.645. The number of hydrogen-bond acceptors (Lipinski definition) is 4. The molecule has 0 aromatic carbocycles. The average molecular weight is 195 g/mol. The van der Waals surface area contributed by atoms with Gasteiger partial charge in [-0.2, -0.15) is 0 Å². The van der Waals surface area contributed by atoms with Gasteiger partial charge in [-0.1, -0.05) is 0 Å². The highest BCUT2D eigenvalue weighted by Crippen LogP contribution is 1.94. The summed E-state index contributed by atoms with van der Waals surface area (Å²) in [6, 6.07) is 0. The van der Waals surface area contributed by atoms with E-state index in [4.69, 9.17) is 4.74 Å². The molecule has 4 heteroatoms. The molecule has 0 aliphatic heterocycles. The molecule has 0 atom stereocenters. The maximum atomic E-state index is 4.92. The van der Waals surface area contributed by atoms with Crippen LogP contribution < -0.4 is 5.32 Å². The molecule has 1 aromatic heterocycles. The Kier molecular flexibility index (Phi) is 5.86. The van der Waals surface area contributed by atoms with Crippen LogP contribution in [0.25, 0.3) is 0 Å². The van der Waals surface area contributed by atoms with Gasteiger partial charge in [0.15, 0.2) is 0 Å². The molecule has 78 valence electrons. The summed E-state index contributed by atoms with van der Waals surface area (Å²) in [5.74, 6) is 0. The van der Waals surface area contributed by atoms with Gasteiger partial charge < -0.3 is 10.1 Å². The van der Waals surface area contributed by atoms with Crippen LogP contribution >= 0.6 is 0 Å². The van der Waals surface area contributed by atoms with Crippen LogP contribution in [0.4, 0.5) is 0 Å². The highest BCUT2D eigenvalue weighted by Gasteiger charge is 1.93. The SMILES string of the molecule is COCCNCCCc1cnccn1. The van der Waals surface area contributed by atoms with Crippen molar-refractivity contribution in [2.45, 2.75) is 12.8 Å². The molecule has 0 bridgehead atoms. The molecule has 0 spiro atoms. The quantitative estimate of drug-likeness (QED) is 0.649. The zero-order chi connectivity index (χ0) is 10.1. The molecule has 14 heavy (non-hydrogen) atoms. The number of nitrogens with zero attached hydrogens (tertiary/aromatic N) is 2. The Hall–Kier alpha value is -1.00. The largest absolute Gasteiger partial charge is 0.383 e. The van der Waals surface area contributed by atoms with Gasteiger partial charge in [-0.15, -0.1) is 0 Å². The third-order valence-electron chi connectivity index (χ3n) is 1.89. The van der Waals surface area contributed by atoms with Gasteiger partial charge in [0.05, 0.1) is 12.3 Å². The van der Waals surface area contributed by atoms with E-state index in [1.165, 1.54) is 0 Å². The fourth-order valence-electron chi connectivity index (χ4n) is 1.15. The van der Waals surface area contributed by atoms with Gasteiger partial charge in [-0.25, -0.2) is 0 Å². The number of ether oxygens (including phenoxy) is 1.